The Morgan fingerprint density at radius 1 is 1.29 bits per heavy atom. The molecule has 1 atom stereocenters. The molecular weight excluding hydrogens is 220 g/mol. The number of esters is 1. The summed E-state index contributed by atoms with van der Waals surface area (Å²) in [5.74, 6) is -0.583. The first-order chi connectivity index (χ1) is 7.92. The van der Waals surface area contributed by atoms with Crippen molar-refractivity contribution in [3.05, 3.63) is 12.2 Å². The van der Waals surface area contributed by atoms with E-state index in [4.69, 9.17) is 4.74 Å². The lowest BCUT2D eigenvalue weighted by atomic mass is 10.3. The summed E-state index contributed by atoms with van der Waals surface area (Å²) >= 11 is 0. The van der Waals surface area contributed by atoms with E-state index in [0.717, 1.165) is 13.1 Å². The molecule has 0 rings (SSSR count). The fraction of sp³-hybridized carbons (Fsp3) is 0.667. The highest BCUT2D eigenvalue weighted by atomic mass is 16.5. The summed E-state index contributed by atoms with van der Waals surface area (Å²) in [6, 6.07) is 0. The van der Waals surface area contributed by atoms with Crippen molar-refractivity contribution in [3.63, 3.8) is 0 Å². The van der Waals surface area contributed by atoms with Crippen LogP contribution in [0.15, 0.2) is 12.2 Å². The average Bonchev–Trinajstić information content (AvgIpc) is 2.25. The number of carbonyl (C=O) groups excluding carboxylic acids is 2. The van der Waals surface area contributed by atoms with E-state index in [1.165, 1.54) is 6.92 Å². The minimum atomic E-state index is -0.437. The van der Waals surface area contributed by atoms with Gasteiger partial charge in [0.25, 0.3) is 0 Å². The van der Waals surface area contributed by atoms with Crippen molar-refractivity contribution in [2.45, 2.75) is 33.9 Å². The number of nitrogens with one attached hydrogen (secondary N) is 1. The lowest BCUT2D eigenvalue weighted by Gasteiger charge is -2.29. The molecule has 5 heteroatoms. The molecule has 0 heterocycles. The molecular formula is C12H22N2O3. The van der Waals surface area contributed by atoms with E-state index in [1.807, 2.05) is 18.7 Å². The third kappa shape index (κ3) is 6.06. The third-order valence-electron chi connectivity index (χ3n) is 2.34. The standard InChI is InChI=1S/C12H22N2O3/c1-6-14(7-2)11(13-10(5)15)8-17-12(16)9(3)4/h11H,3,6-8H2,1-2,4-5H3,(H,13,15). The maximum atomic E-state index is 11.3. The molecule has 0 spiro atoms. The molecule has 1 unspecified atom stereocenters. The van der Waals surface area contributed by atoms with E-state index in [2.05, 4.69) is 11.9 Å². The Morgan fingerprint density at radius 2 is 1.82 bits per heavy atom. The zero-order valence-electron chi connectivity index (χ0n) is 11.1. The molecule has 17 heavy (non-hydrogen) atoms. The van der Waals surface area contributed by atoms with Gasteiger partial charge >= 0.3 is 5.97 Å². The summed E-state index contributed by atoms with van der Waals surface area (Å²) < 4.78 is 5.06. The number of hydrogen-bond acceptors (Lipinski definition) is 4. The molecule has 0 saturated carbocycles. The van der Waals surface area contributed by atoms with Crippen LogP contribution in [0.5, 0.6) is 0 Å². The number of amides is 1. The molecule has 0 radical (unpaired) electrons. The SMILES string of the molecule is C=C(C)C(=O)OCC(NC(C)=O)N(CC)CC. The van der Waals surface area contributed by atoms with Gasteiger partial charge in [0.2, 0.25) is 5.91 Å². The predicted molar refractivity (Wildman–Crippen MR) is 66.3 cm³/mol. The third-order valence-corrected chi connectivity index (χ3v) is 2.34. The van der Waals surface area contributed by atoms with Gasteiger partial charge in [-0.25, -0.2) is 4.79 Å². The zero-order valence-corrected chi connectivity index (χ0v) is 11.1. The Bertz CT molecular complexity index is 285. The summed E-state index contributed by atoms with van der Waals surface area (Å²) in [7, 11) is 0. The molecule has 0 aliphatic heterocycles. The minimum absolute atomic E-state index is 0.132. The van der Waals surface area contributed by atoms with E-state index in [1.54, 1.807) is 6.92 Å². The first-order valence-corrected chi connectivity index (χ1v) is 5.76. The van der Waals surface area contributed by atoms with Gasteiger partial charge in [-0.05, 0) is 20.0 Å². The van der Waals surface area contributed by atoms with Crippen LogP contribution in [0.2, 0.25) is 0 Å². The molecule has 0 fully saturated rings. The van der Waals surface area contributed by atoms with Crippen LogP contribution >= 0.6 is 0 Å². The molecule has 1 N–H and O–H groups in total. The van der Waals surface area contributed by atoms with Gasteiger partial charge < -0.3 is 10.1 Å². The van der Waals surface area contributed by atoms with Crippen LogP contribution in [-0.4, -0.2) is 42.6 Å². The Balaban J connectivity index is 4.42. The van der Waals surface area contributed by atoms with Gasteiger partial charge in [0.1, 0.15) is 12.8 Å². The smallest absolute Gasteiger partial charge is 0.333 e. The van der Waals surface area contributed by atoms with Gasteiger partial charge in [-0.2, -0.15) is 0 Å². The van der Waals surface area contributed by atoms with Crippen molar-refractivity contribution in [1.82, 2.24) is 10.2 Å². The Morgan fingerprint density at radius 3 is 2.18 bits per heavy atom. The van der Waals surface area contributed by atoms with Gasteiger partial charge in [0, 0.05) is 12.5 Å². The predicted octanol–water partition coefficient (Wildman–Crippen LogP) is 0.910. The molecule has 5 nitrogen and oxygen atoms in total. The summed E-state index contributed by atoms with van der Waals surface area (Å²) in [6.45, 7) is 12.2. The maximum absolute atomic E-state index is 11.3. The van der Waals surface area contributed by atoms with Gasteiger partial charge in [-0.3, -0.25) is 9.69 Å². The van der Waals surface area contributed by atoms with E-state index in [9.17, 15) is 9.59 Å². The highest BCUT2D eigenvalue weighted by Crippen LogP contribution is 2.00. The van der Waals surface area contributed by atoms with E-state index >= 15 is 0 Å². The van der Waals surface area contributed by atoms with Crippen molar-refractivity contribution < 1.29 is 14.3 Å². The van der Waals surface area contributed by atoms with Gasteiger partial charge in [-0.1, -0.05) is 20.4 Å². The topological polar surface area (TPSA) is 58.6 Å². The number of ether oxygens (including phenoxy) is 1. The second-order valence-corrected chi connectivity index (χ2v) is 3.82. The maximum Gasteiger partial charge on any atom is 0.333 e. The fourth-order valence-electron chi connectivity index (χ4n) is 1.42. The lowest BCUT2D eigenvalue weighted by Crippen LogP contribution is -2.50. The number of rotatable bonds is 7. The fourth-order valence-corrected chi connectivity index (χ4v) is 1.42. The first kappa shape index (κ1) is 15.6. The molecule has 0 aromatic rings. The van der Waals surface area contributed by atoms with Crippen LogP contribution in [0.4, 0.5) is 0 Å². The summed E-state index contributed by atoms with van der Waals surface area (Å²) in [6.07, 6.45) is -0.286. The number of carbonyl (C=O) groups is 2. The van der Waals surface area contributed by atoms with Crippen molar-refractivity contribution in [1.29, 1.82) is 0 Å². The van der Waals surface area contributed by atoms with Crippen molar-refractivity contribution in [2.24, 2.45) is 0 Å². The average molecular weight is 242 g/mol. The lowest BCUT2D eigenvalue weighted by molar-refractivity contribution is -0.142. The Hall–Kier alpha value is -1.36. The summed E-state index contributed by atoms with van der Waals surface area (Å²) in [5, 5.41) is 2.76. The quantitative estimate of drug-likeness (QED) is 0.409. The minimum Gasteiger partial charge on any atom is -0.459 e. The van der Waals surface area contributed by atoms with Crippen molar-refractivity contribution in [2.75, 3.05) is 19.7 Å². The van der Waals surface area contributed by atoms with Gasteiger partial charge in [0.15, 0.2) is 0 Å². The van der Waals surface area contributed by atoms with Crippen LogP contribution in [0.3, 0.4) is 0 Å². The van der Waals surface area contributed by atoms with Crippen LogP contribution < -0.4 is 5.32 Å². The molecule has 0 saturated heterocycles. The summed E-state index contributed by atoms with van der Waals surface area (Å²) in [4.78, 5) is 24.4. The van der Waals surface area contributed by atoms with Crippen molar-refractivity contribution >= 4 is 11.9 Å². The molecule has 0 bridgehead atoms. The van der Waals surface area contributed by atoms with Crippen LogP contribution in [0, 0.1) is 0 Å². The molecule has 0 aliphatic carbocycles. The second kappa shape index (κ2) is 7.84. The first-order valence-electron chi connectivity index (χ1n) is 5.76. The zero-order chi connectivity index (χ0) is 13.4. The number of nitrogens with zero attached hydrogens (tertiary/aromatic N) is 1. The second-order valence-electron chi connectivity index (χ2n) is 3.82. The number of hydrogen-bond donors (Lipinski definition) is 1. The van der Waals surface area contributed by atoms with Gasteiger partial charge in [0.05, 0.1) is 0 Å². The molecule has 0 aromatic heterocycles. The Labute approximate surface area is 103 Å². The van der Waals surface area contributed by atoms with Crippen LogP contribution in [0.25, 0.3) is 0 Å². The highest BCUT2D eigenvalue weighted by Gasteiger charge is 2.18. The molecule has 98 valence electrons. The summed E-state index contributed by atoms with van der Waals surface area (Å²) in [5.41, 5.74) is 0.353. The van der Waals surface area contributed by atoms with E-state index in [0.29, 0.717) is 5.57 Å². The monoisotopic (exact) mass is 242 g/mol. The van der Waals surface area contributed by atoms with Crippen molar-refractivity contribution in [3.8, 4) is 0 Å². The van der Waals surface area contributed by atoms with Gasteiger partial charge in [-0.15, -0.1) is 0 Å². The Kier molecular flexibility index (Phi) is 7.21. The largest absolute Gasteiger partial charge is 0.459 e. The van der Waals surface area contributed by atoms with Crippen LogP contribution in [0.1, 0.15) is 27.7 Å². The molecule has 0 aliphatic rings. The highest BCUT2D eigenvalue weighted by molar-refractivity contribution is 5.86. The van der Waals surface area contributed by atoms with E-state index in [-0.39, 0.29) is 18.7 Å². The number of likely N-dealkylation sites (N-methyl/N-ethyl adjacent to an activating group) is 1. The molecule has 0 aromatic carbocycles. The normalized spacial score (nSPS) is 12.1. The van der Waals surface area contributed by atoms with Crippen LogP contribution in [-0.2, 0) is 14.3 Å². The molecule has 1 amide bonds. The van der Waals surface area contributed by atoms with E-state index < -0.39 is 5.97 Å².